The normalized spacial score (nSPS) is 15.7. The van der Waals surface area contributed by atoms with Gasteiger partial charge in [-0.1, -0.05) is 0 Å². The Bertz CT molecular complexity index is 651. The van der Waals surface area contributed by atoms with Crippen LogP contribution in [-0.4, -0.2) is 20.7 Å². The zero-order valence-corrected chi connectivity index (χ0v) is 13.4. The number of amides is 1. The van der Waals surface area contributed by atoms with Gasteiger partial charge in [0.05, 0.1) is 18.7 Å². The van der Waals surface area contributed by atoms with Crippen LogP contribution in [-0.2, 0) is 18.3 Å². The molecule has 3 rings (SSSR count). The molecular formula is C15H17BrN4O. The topological polar surface area (TPSA) is 59.8 Å². The molecule has 1 saturated carbocycles. The highest BCUT2D eigenvalue weighted by atomic mass is 79.9. The van der Waals surface area contributed by atoms with E-state index in [2.05, 4.69) is 31.3 Å². The number of halogens is 1. The average molecular weight is 349 g/mol. The molecule has 1 N–H and O–H groups in total. The Morgan fingerprint density at radius 1 is 1.48 bits per heavy atom. The monoisotopic (exact) mass is 348 g/mol. The van der Waals surface area contributed by atoms with E-state index in [4.69, 9.17) is 0 Å². The molecule has 1 amide bonds. The maximum absolute atomic E-state index is 12.2. The first-order valence-corrected chi connectivity index (χ1v) is 7.78. The van der Waals surface area contributed by atoms with Gasteiger partial charge in [0.2, 0.25) is 5.91 Å². The van der Waals surface area contributed by atoms with E-state index >= 15 is 0 Å². The van der Waals surface area contributed by atoms with Crippen molar-refractivity contribution in [1.29, 1.82) is 0 Å². The molecule has 0 bridgehead atoms. The third kappa shape index (κ3) is 3.69. The lowest BCUT2D eigenvalue weighted by molar-refractivity contribution is -0.121. The van der Waals surface area contributed by atoms with Crippen LogP contribution >= 0.6 is 15.9 Å². The second-order valence-corrected chi connectivity index (χ2v) is 6.43. The molecule has 1 atom stereocenters. The van der Waals surface area contributed by atoms with Gasteiger partial charge >= 0.3 is 0 Å². The van der Waals surface area contributed by atoms with Crippen LogP contribution in [0.1, 0.15) is 30.0 Å². The van der Waals surface area contributed by atoms with Crippen LogP contribution in [0.3, 0.4) is 0 Å². The van der Waals surface area contributed by atoms with Crippen molar-refractivity contribution in [3.8, 4) is 0 Å². The fraction of sp³-hybridized carbons (Fsp3) is 0.400. The molecule has 21 heavy (non-hydrogen) atoms. The fourth-order valence-electron chi connectivity index (χ4n) is 2.47. The first-order chi connectivity index (χ1) is 10.1. The Morgan fingerprint density at radius 2 is 2.29 bits per heavy atom. The molecule has 1 fully saturated rings. The van der Waals surface area contributed by atoms with Gasteiger partial charge in [-0.3, -0.25) is 14.5 Å². The summed E-state index contributed by atoms with van der Waals surface area (Å²) in [5, 5.41) is 7.23. The third-order valence-corrected chi connectivity index (χ3v) is 4.05. The van der Waals surface area contributed by atoms with E-state index in [9.17, 15) is 4.79 Å². The van der Waals surface area contributed by atoms with Crippen LogP contribution in [0, 0.1) is 5.92 Å². The molecule has 2 aromatic rings. The molecule has 2 aromatic heterocycles. The van der Waals surface area contributed by atoms with E-state index in [1.54, 1.807) is 17.1 Å². The number of aryl methyl sites for hydroxylation is 1. The van der Waals surface area contributed by atoms with Gasteiger partial charge in [-0.25, -0.2) is 0 Å². The summed E-state index contributed by atoms with van der Waals surface area (Å²) in [5.41, 5.74) is 1.99. The van der Waals surface area contributed by atoms with Crippen molar-refractivity contribution in [3.05, 3.63) is 46.5 Å². The molecule has 1 aliphatic rings. The van der Waals surface area contributed by atoms with Gasteiger partial charge < -0.3 is 5.32 Å². The minimum atomic E-state index is 0.0277. The highest BCUT2D eigenvalue weighted by Gasteiger charge is 2.33. The fourth-order valence-corrected chi connectivity index (χ4v) is 2.86. The first kappa shape index (κ1) is 14.3. The standard InChI is InChI=1S/C15H17BrN4O/c1-20-9-10(6-18-20)4-14(21)19-15(11-2-3-11)12-5-13(16)8-17-7-12/h5-9,11,15H,2-4H2,1H3,(H,19,21)/t15-/m1/s1. The van der Waals surface area contributed by atoms with E-state index in [0.717, 1.165) is 28.4 Å². The second-order valence-electron chi connectivity index (χ2n) is 5.52. The first-order valence-electron chi connectivity index (χ1n) is 6.99. The lowest BCUT2D eigenvalue weighted by Crippen LogP contribution is -2.31. The lowest BCUT2D eigenvalue weighted by Gasteiger charge is -2.18. The smallest absolute Gasteiger partial charge is 0.225 e. The highest BCUT2D eigenvalue weighted by molar-refractivity contribution is 9.10. The molecule has 6 heteroatoms. The van der Waals surface area contributed by atoms with E-state index < -0.39 is 0 Å². The molecule has 0 saturated heterocycles. The number of rotatable bonds is 5. The lowest BCUT2D eigenvalue weighted by atomic mass is 10.0. The van der Waals surface area contributed by atoms with Crippen LogP contribution in [0.4, 0.5) is 0 Å². The second kappa shape index (κ2) is 5.97. The van der Waals surface area contributed by atoms with Crippen molar-refractivity contribution < 1.29 is 4.79 Å². The average Bonchev–Trinajstić information content (AvgIpc) is 3.20. The maximum Gasteiger partial charge on any atom is 0.225 e. The molecule has 0 aliphatic heterocycles. The van der Waals surface area contributed by atoms with Gasteiger partial charge in [-0.2, -0.15) is 5.10 Å². The number of nitrogens with one attached hydrogen (secondary N) is 1. The summed E-state index contributed by atoms with van der Waals surface area (Å²) in [5.74, 6) is 0.554. The van der Waals surface area contributed by atoms with E-state index in [-0.39, 0.29) is 11.9 Å². The summed E-state index contributed by atoms with van der Waals surface area (Å²) in [7, 11) is 1.85. The van der Waals surface area contributed by atoms with Gasteiger partial charge in [-0.15, -0.1) is 0 Å². The Kier molecular flexibility index (Phi) is 4.05. The zero-order valence-electron chi connectivity index (χ0n) is 11.8. The molecule has 1 aliphatic carbocycles. The molecule has 0 radical (unpaired) electrons. The highest BCUT2D eigenvalue weighted by Crippen LogP contribution is 2.41. The summed E-state index contributed by atoms with van der Waals surface area (Å²) >= 11 is 3.44. The number of pyridine rings is 1. The molecule has 0 spiro atoms. The van der Waals surface area contributed by atoms with Crippen molar-refractivity contribution in [3.63, 3.8) is 0 Å². The zero-order chi connectivity index (χ0) is 14.8. The molecule has 5 nitrogen and oxygen atoms in total. The number of hydrogen-bond acceptors (Lipinski definition) is 3. The van der Waals surface area contributed by atoms with Gasteiger partial charge in [0, 0.05) is 30.1 Å². The quantitative estimate of drug-likeness (QED) is 0.902. The molecule has 2 heterocycles. The van der Waals surface area contributed by atoms with Crippen molar-refractivity contribution in [2.75, 3.05) is 0 Å². The third-order valence-electron chi connectivity index (χ3n) is 3.62. The van der Waals surface area contributed by atoms with Crippen molar-refractivity contribution >= 4 is 21.8 Å². The Hall–Kier alpha value is -1.69. The van der Waals surface area contributed by atoms with Crippen LogP contribution in [0.5, 0.6) is 0 Å². The van der Waals surface area contributed by atoms with Crippen molar-refractivity contribution in [2.45, 2.75) is 25.3 Å². The number of hydrogen-bond donors (Lipinski definition) is 1. The van der Waals surface area contributed by atoms with Crippen LogP contribution in [0.2, 0.25) is 0 Å². The Morgan fingerprint density at radius 3 is 2.90 bits per heavy atom. The van der Waals surface area contributed by atoms with Crippen molar-refractivity contribution in [1.82, 2.24) is 20.1 Å². The Balaban J connectivity index is 1.69. The van der Waals surface area contributed by atoms with Crippen LogP contribution in [0.15, 0.2) is 35.3 Å². The van der Waals surface area contributed by atoms with Gasteiger partial charge in [0.15, 0.2) is 0 Å². The number of carbonyl (C=O) groups is 1. The van der Waals surface area contributed by atoms with Gasteiger partial charge in [0.25, 0.3) is 0 Å². The Labute approximate surface area is 131 Å². The van der Waals surface area contributed by atoms with Gasteiger partial charge in [0.1, 0.15) is 0 Å². The summed E-state index contributed by atoms with van der Waals surface area (Å²) in [6.07, 6.45) is 9.86. The summed E-state index contributed by atoms with van der Waals surface area (Å²) in [6.45, 7) is 0. The molecular weight excluding hydrogens is 332 g/mol. The van der Waals surface area contributed by atoms with E-state index in [0.29, 0.717) is 12.3 Å². The number of nitrogens with zero attached hydrogens (tertiary/aromatic N) is 3. The summed E-state index contributed by atoms with van der Waals surface area (Å²) in [6, 6.07) is 2.08. The predicted molar refractivity (Wildman–Crippen MR) is 82.5 cm³/mol. The number of carbonyl (C=O) groups excluding carboxylic acids is 1. The van der Waals surface area contributed by atoms with E-state index in [1.807, 2.05) is 25.5 Å². The van der Waals surface area contributed by atoms with Crippen LogP contribution < -0.4 is 5.32 Å². The summed E-state index contributed by atoms with van der Waals surface area (Å²) in [4.78, 5) is 16.4. The number of aromatic nitrogens is 3. The largest absolute Gasteiger partial charge is 0.349 e. The predicted octanol–water partition coefficient (Wildman–Crippen LogP) is 2.39. The minimum absolute atomic E-state index is 0.0277. The van der Waals surface area contributed by atoms with Crippen molar-refractivity contribution in [2.24, 2.45) is 13.0 Å². The van der Waals surface area contributed by atoms with E-state index in [1.165, 1.54) is 0 Å². The minimum Gasteiger partial charge on any atom is -0.349 e. The maximum atomic E-state index is 12.2. The summed E-state index contributed by atoms with van der Waals surface area (Å²) < 4.78 is 2.64. The van der Waals surface area contributed by atoms with Gasteiger partial charge in [-0.05, 0) is 51.9 Å². The van der Waals surface area contributed by atoms with Crippen LogP contribution in [0.25, 0.3) is 0 Å². The molecule has 110 valence electrons. The molecule has 0 aromatic carbocycles. The molecule has 0 unspecified atom stereocenters. The SMILES string of the molecule is Cn1cc(CC(=O)N[C@@H](c2cncc(Br)c2)C2CC2)cn1.